The molecule has 3 aromatic carbocycles. The first kappa shape index (κ1) is 17.3. The molecule has 4 heteroatoms. The normalized spacial score (nSPS) is 10.5. The van der Waals surface area contributed by atoms with Gasteiger partial charge in [-0.2, -0.15) is 0 Å². The second kappa shape index (κ2) is 9.10. The third kappa shape index (κ3) is 5.51. The van der Waals surface area contributed by atoms with Crippen LogP contribution in [0.2, 0.25) is 0 Å². The number of hydrogen-bond donors (Lipinski definition) is 0. The van der Waals surface area contributed by atoms with Gasteiger partial charge in [0.05, 0.1) is 0 Å². The highest BCUT2D eigenvalue weighted by molar-refractivity contribution is 7.43. The zero-order valence-electron chi connectivity index (χ0n) is 14.2. The summed E-state index contributed by atoms with van der Waals surface area (Å²) >= 11 is 0. The number of aryl methyl sites for hydroxylation is 1. The Kier molecular flexibility index (Phi) is 6.30. The predicted molar refractivity (Wildman–Crippen MR) is 102 cm³/mol. The van der Waals surface area contributed by atoms with Crippen LogP contribution in [0.25, 0.3) is 0 Å². The highest BCUT2D eigenvalue weighted by atomic mass is 31.2. The van der Waals surface area contributed by atoms with E-state index in [1.807, 2.05) is 72.8 Å². The summed E-state index contributed by atoms with van der Waals surface area (Å²) in [7, 11) is -1.61. The maximum atomic E-state index is 5.98. The fourth-order valence-corrected chi connectivity index (χ4v) is 3.28. The van der Waals surface area contributed by atoms with Crippen LogP contribution < -0.4 is 13.6 Å². The summed E-state index contributed by atoms with van der Waals surface area (Å²) in [6, 6.07) is 27.2. The molecular weight excluding hydrogens is 331 g/mol. The molecule has 0 amide bonds. The summed E-state index contributed by atoms with van der Waals surface area (Å²) in [5.41, 5.74) is 1.30. The van der Waals surface area contributed by atoms with Gasteiger partial charge in [0.15, 0.2) is 0 Å². The van der Waals surface area contributed by atoms with Crippen LogP contribution in [0.4, 0.5) is 0 Å². The zero-order valence-corrected chi connectivity index (χ0v) is 15.1. The van der Waals surface area contributed by atoms with E-state index in [2.05, 4.69) is 19.1 Å². The molecule has 3 aromatic rings. The van der Waals surface area contributed by atoms with Gasteiger partial charge in [0.1, 0.15) is 17.2 Å². The van der Waals surface area contributed by atoms with Crippen molar-refractivity contribution in [3.63, 3.8) is 0 Å². The van der Waals surface area contributed by atoms with Gasteiger partial charge in [0, 0.05) is 0 Å². The Morgan fingerprint density at radius 2 is 1.04 bits per heavy atom. The summed E-state index contributed by atoms with van der Waals surface area (Å²) in [6.07, 6.45) is 2.19. The molecule has 0 aliphatic heterocycles. The molecule has 25 heavy (non-hydrogen) atoms. The molecule has 0 aliphatic carbocycles. The first-order chi connectivity index (χ1) is 12.3. The molecule has 0 radical (unpaired) electrons. The van der Waals surface area contributed by atoms with E-state index in [0.29, 0.717) is 11.5 Å². The second-order valence-electron chi connectivity index (χ2n) is 5.52. The van der Waals surface area contributed by atoms with Crippen molar-refractivity contribution in [1.82, 2.24) is 0 Å². The molecule has 0 aromatic heterocycles. The van der Waals surface area contributed by atoms with Crippen molar-refractivity contribution in [2.75, 3.05) is 0 Å². The lowest BCUT2D eigenvalue weighted by molar-refractivity contribution is 0.388. The Morgan fingerprint density at radius 1 is 0.600 bits per heavy atom. The Hall–Kier alpha value is -2.51. The van der Waals surface area contributed by atoms with Crippen LogP contribution in [0.15, 0.2) is 84.9 Å². The SMILES string of the molecule is CCCc1ccc(OP(Oc2ccccc2)Oc2ccccc2)cc1. The van der Waals surface area contributed by atoms with Crippen molar-refractivity contribution < 1.29 is 13.6 Å². The van der Waals surface area contributed by atoms with Gasteiger partial charge in [-0.05, 0) is 48.4 Å². The molecule has 0 bridgehead atoms. The summed E-state index contributed by atoms with van der Waals surface area (Å²) < 4.78 is 17.8. The Labute approximate surface area is 150 Å². The molecule has 3 rings (SSSR count). The van der Waals surface area contributed by atoms with Crippen LogP contribution in [0.5, 0.6) is 17.2 Å². The van der Waals surface area contributed by atoms with E-state index in [1.54, 1.807) is 0 Å². The Morgan fingerprint density at radius 3 is 1.48 bits per heavy atom. The van der Waals surface area contributed by atoms with E-state index in [4.69, 9.17) is 13.6 Å². The maximum absolute atomic E-state index is 5.98. The van der Waals surface area contributed by atoms with Crippen LogP contribution >= 0.6 is 8.60 Å². The molecular formula is C21H21O3P. The fraction of sp³-hybridized carbons (Fsp3) is 0.143. The zero-order chi connectivity index (χ0) is 17.3. The molecule has 0 heterocycles. The van der Waals surface area contributed by atoms with Gasteiger partial charge >= 0.3 is 8.60 Å². The van der Waals surface area contributed by atoms with Crippen molar-refractivity contribution >= 4 is 8.60 Å². The monoisotopic (exact) mass is 352 g/mol. The highest BCUT2D eigenvalue weighted by Crippen LogP contribution is 2.42. The van der Waals surface area contributed by atoms with Crippen LogP contribution in [0.1, 0.15) is 18.9 Å². The summed E-state index contributed by atoms with van der Waals surface area (Å²) in [6.45, 7) is 2.17. The molecule has 0 fully saturated rings. The van der Waals surface area contributed by atoms with Gasteiger partial charge in [-0.25, -0.2) is 0 Å². The third-order valence-corrected chi connectivity index (χ3v) is 4.57. The molecule has 0 aliphatic rings. The van der Waals surface area contributed by atoms with Crippen molar-refractivity contribution in [1.29, 1.82) is 0 Å². The topological polar surface area (TPSA) is 27.7 Å². The smallest absolute Gasteiger partial charge is 0.409 e. The van der Waals surface area contributed by atoms with Crippen molar-refractivity contribution in [3.8, 4) is 17.2 Å². The van der Waals surface area contributed by atoms with E-state index in [9.17, 15) is 0 Å². The number of benzene rings is 3. The van der Waals surface area contributed by atoms with E-state index in [1.165, 1.54) is 5.56 Å². The van der Waals surface area contributed by atoms with E-state index in [0.717, 1.165) is 18.6 Å². The molecule has 0 atom stereocenters. The fourth-order valence-electron chi connectivity index (χ4n) is 2.28. The second-order valence-corrected chi connectivity index (χ2v) is 6.51. The van der Waals surface area contributed by atoms with Gasteiger partial charge in [-0.15, -0.1) is 0 Å². The highest BCUT2D eigenvalue weighted by Gasteiger charge is 2.19. The van der Waals surface area contributed by atoms with Crippen molar-refractivity contribution in [2.45, 2.75) is 19.8 Å². The first-order valence-electron chi connectivity index (χ1n) is 8.36. The average molecular weight is 352 g/mol. The number of rotatable bonds is 8. The van der Waals surface area contributed by atoms with Crippen molar-refractivity contribution in [2.24, 2.45) is 0 Å². The molecule has 128 valence electrons. The van der Waals surface area contributed by atoms with Gasteiger partial charge < -0.3 is 13.6 Å². The first-order valence-corrected chi connectivity index (χ1v) is 9.46. The lowest BCUT2D eigenvalue weighted by Crippen LogP contribution is -2.02. The lowest BCUT2D eigenvalue weighted by Gasteiger charge is -2.18. The van der Waals surface area contributed by atoms with Crippen LogP contribution in [-0.4, -0.2) is 0 Å². The average Bonchev–Trinajstić information content (AvgIpc) is 2.65. The summed E-state index contributed by atoms with van der Waals surface area (Å²) in [4.78, 5) is 0. The minimum absolute atomic E-state index is 0.715. The van der Waals surface area contributed by atoms with Crippen LogP contribution in [0, 0.1) is 0 Å². The Bertz CT molecular complexity index is 704. The van der Waals surface area contributed by atoms with Gasteiger partial charge in [0.2, 0.25) is 0 Å². The van der Waals surface area contributed by atoms with Gasteiger partial charge in [-0.1, -0.05) is 61.9 Å². The largest absolute Gasteiger partial charge is 0.530 e. The predicted octanol–water partition coefficient (Wildman–Crippen LogP) is 6.40. The lowest BCUT2D eigenvalue weighted by atomic mass is 10.1. The van der Waals surface area contributed by atoms with E-state index >= 15 is 0 Å². The molecule has 0 unspecified atom stereocenters. The minimum Gasteiger partial charge on any atom is -0.409 e. The maximum Gasteiger partial charge on any atom is 0.530 e. The van der Waals surface area contributed by atoms with Crippen LogP contribution in [0.3, 0.4) is 0 Å². The number of hydrogen-bond acceptors (Lipinski definition) is 3. The standard InChI is InChI=1S/C21H21O3P/c1-2-9-18-14-16-21(17-15-18)24-25(22-19-10-5-3-6-11-19)23-20-12-7-4-8-13-20/h3-8,10-17H,2,9H2,1H3. The quantitative estimate of drug-likeness (QED) is 0.439. The summed E-state index contributed by atoms with van der Waals surface area (Å²) in [5.74, 6) is 2.16. The van der Waals surface area contributed by atoms with Gasteiger partial charge in [0.25, 0.3) is 0 Å². The van der Waals surface area contributed by atoms with Crippen molar-refractivity contribution in [3.05, 3.63) is 90.5 Å². The van der Waals surface area contributed by atoms with Gasteiger partial charge in [-0.3, -0.25) is 0 Å². The molecule has 0 N–H and O–H groups in total. The molecule has 0 saturated heterocycles. The summed E-state index contributed by atoms with van der Waals surface area (Å²) in [5, 5.41) is 0. The molecule has 3 nitrogen and oxygen atoms in total. The minimum atomic E-state index is -1.61. The van der Waals surface area contributed by atoms with E-state index in [-0.39, 0.29) is 0 Å². The number of para-hydroxylation sites is 2. The van der Waals surface area contributed by atoms with Crippen LogP contribution in [-0.2, 0) is 6.42 Å². The third-order valence-electron chi connectivity index (χ3n) is 3.49. The van der Waals surface area contributed by atoms with E-state index < -0.39 is 8.60 Å². The molecule has 0 spiro atoms. The Balaban J connectivity index is 1.73. The molecule has 0 saturated carbocycles.